The van der Waals surface area contributed by atoms with Gasteiger partial charge < -0.3 is 53.4 Å². The van der Waals surface area contributed by atoms with Gasteiger partial charge >= 0.3 is 11.9 Å². The Morgan fingerprint density at radius 2 is 1.66 bits per heavy atom. The number of esters is 1. The summed E-state index contributed by atoms with van der Waals surface area (Å²) in [7, 11) is 0. The van der Waals surface area contributed by atoms with Crippen LogP contribution in [0.25, 0.3) is 0 Å². The van der Waals surface area contributed by atoms with Crippen LogP contribution in [0.3, 0.4) is 0 Å². The monoisotopic (exact) mass is 544 g/mol. The highest BCUT2D eigenvalue weighted by atomic mass is 16.5. The van der Waals surface area contributed by atoms with Crippen LogP contribution in [0.1, 0.15) is 39.0 Å². The van der Waals surface area contributed by atoms with E-state index in [0.29, 0.717) is 6.42 Å². The molecule has 0 aromatic heterocycles. The summed E-state index contributed by atoms with van der Waals surface area (Å²) in [5.41, 5.74) is 14.6. The molecular weight excluding hydrogens is 508 g/mol. The van der Waals surface area contributed by atoms with Gasteiger partial charge in [0.1, 0.15) is 24.2 Å². The number of guanidine groups is 1. The summed E-state index contributed by atoms with van der Waals surface area (Å²) >= 11 is 0. The highest BCUT2D eigenvalue weighted by Gasteiger charge is 2.57. The summed E-state index contributed by atoms with van der Waals surface area (Å²) in [6.07, 6.45) is -1.03. The molecule has 17 nitrogen and oxygen atoms in total. The fourth-order valence-electron chi connectivity index (χ4n) is 3.04. The van der Waals surface area contributed by atoms with Crippen molar-refractivity contribution in [3.8, 4) is 0 Å². The van der Waals surface area contributed by atoms with Crippen molar-refractivity contribution >= 4 is 41.5 Å². The van der Waals surface area contributed by atoms with Crippen molar-refractivity contribution in [3.05, 3.63) is 0 Å². The molecule has 4 amide bonds. The molecule has 0 spiro atoms. The third-order valence-corrected chi connectivity index (χ3v) is 5.28. The summed E-state index contributed by atoms with van der Waals surface area (Å²) in [6.45, 7) is 1.05. The van der Waals surface area contributed by atoms with Gasteiger partial charge in [0.15, 0.2) is 5.96 Å². The molecule has 0 bridgehead atoms. The van der Waals surface area contributed by atoms with E-state index in [1.54, 1.807) is 6.92 Å². The number of ether oxygens (including phenoxy) is 1. The molecule has 12 N–H and O–H groups in total. The van der Waals surface area contributed by atoms with E-state index in [9.17, 15) is 33.9 Å². The number of amides is 4. The molecule has 0 saturated heterocycles. The third-order valence-electron chi connectivity index (χ3n) is 5.28. The van der Waals surface area contributed by atoms with Crippen LogP contribution in [0, 0.1) is 0 Å². The van der Waals surface area contributed by atoms with Crippen LogP contribution in [0.5, 0.6) is 0 Å². The maximum atomic E-state index is 12.5. The third kappa shape index (κ3) is 11.4. The van der Waals surface area contributed by atoms with Crippen LogP contribution in [0.15, 0.2) is 4.99 Å². The van der Waals surface area contributed by atoms with E-state index in [4.69, 9.17) is 27.0 Å². The molecule has 1 aliphatic carbocycles. The number of carboxylic acid groups (broad SMARTS) is 1. The van der Waals surface area contributed by atoms with Gasteiger partial charge in [0.05, 0.1) is 25.7 Å². The van der Waals surface area contributed by atoms with Crippen molar-refractivity contribution in [2.45, 2.75) is 62.8 Å². The van der Waals surface area contributed by atoms with Crippen LogP contribution in [-0.2, 0) is 33.5 Å². The van der Waals surface area contributed by atoms with Gasteiger partial charge in [-0.1, -0.05) is 6.92 Å². The number of nitrogens with two attached hydrogens (primary N) is 3. The maximum absolute atomic E-state index is 12.5. The lowest BCUT2D eigenvalue weighted by Crippen LogP contribution is -2.56. The van der Waals surface area contributed by atoms with E-state index in [-0.39, 0.29) is 38.4 Å². The number of carbonyl (C=O) groups is 6. The number of aliphatic hydroxyl groups is 1. The minimum atomic E-state index is -1.61. The van der Waals surface area contributed by atoms with Crippen molar-refractivity contribution in [1.29, 1.82) is 0 Å². The van der Waals surface area contributed by atoms with E-state index in [2.05, 4.69) is 26.3 Å². The Bertz CT molecular complexity index is 924. The highest BCUT2D eigenvalue weighted by molar-refractivity contribution is 5.97. The Morgan fingerprint density at radius 1 is 1.05 bits per heavy atom. The fourth-order valence-corrected chi connectivity index (χ4v) is 3.04. The summed E-state index contributed by atoms with van der Waals surface area (Å²) in [5, 5.41) is 27.6. The van der Waals surface area contributed by atoms with Crippen molar-refractivity contribution in [3.63, 3.8) is 0 Å². The molecule has 1 fully saturated rings. The molecule has 2 unspecified atom stereocenters. The fraction of sp³-hybridized carbons (Fsp3) is 0.667. The molecule has 38 heavy (non-hydrogen) atoms. The summed E-state index contributed by atoms with van der Waals surface area (Å²) in [4.78, 5) is 76.2. The zero-order valence-corrected chi connectivity index (χ0v) is 21.0. The van der Waals surface area contributed by atoms with E-state index in [1.165, 1.54) is 0 Å². The molecule has 1 aliphatic rings. The molecule has 1 saturated carbocycles. The lowest BCUT2D eigenvalue weighted by molar-refractivity contribution is -0.144. The van der Waals surface area contributed by atoms with Gasteiger partial charge in [0.2, 0.25) is 23.6 Å². The molecule has 0 aromatic rings. The predicted molar refractivity (Wildman–Crippen MR) is 131 cm³/mol. The number of hydrogen-bond donors (Lipinski definition) is 9. The number of nitrogens with one attached hydrogen (secondary N) is 4. The average molecular weight is 545 g/mol. The highest BCUT2D eigenvalue weighted by Crippen LogP contribution is 2.33. The van der Waals surface area contributed by atoms with E-state index in [1.807, 2.05) is 0 Å². The van der Waals surface area contributed by atoms with E-state index < -0.39 is 78.8 Å². The second-order valence-corrected chi connectivity index (χ2v) is 8.61. The zero-order chi connectivity index (χ0) is 28.9. The average Bonchev–Trinajstić information content (AvgIpc) is 3.47. The van der Waals surface area contributed by atoms with Crippen LogP contribution in [0.4, 0.5) is 0 Å². The first kappa shape index (κ1) is 32.0. The number of aliphatic carboxylic acids is 1. The molecule has 0 aromatic carbocycles. The Morgan fingerprint density at radius 3 is 2.21 bits per heavy atom. The lowest BCUT2D eigenvalue weighted by Gasteiger charge is -2.20. The standard InChI is InChI=1S/C21H36N8O9/c1-2-6-38-16(34)10-27-17(35)11(4-3-5-25-20(22)23)28-14(31)9-26-18(36)12(7-15(32)33)29-19(37)21(24)8-13(21)30/h11-13,30H,2-10,24H2,1H3,(H,26,36)(H,27,35)(H,28,31)(H,29,37)(H,32,33)(H4,22,23,25)/t11-,12-,13?,21?/m0/s1. The SMILES string of the molecule is CCCOC(=O)CNC(=O)[C@H](CCCN=C(N)N)NC(=O)CNC(=O)[C@H](CC(=O)O)NC(=O)C1(N)CC1O. The largest absolute Gasteiger partial charge is 0.481 e. The smallest absolute Gasteiger partial charge is 0.325 e. The van der Waals surface area contributed by atoms with Gasteiger partial charge in [-0.3, -0.25) is 33.8 Å². The molecule has 0 aliphatic heterocycles. The van der Waals surface area contributed by atoms with Gasteiger partial charge in [-0.05, 0) is 19.3 Å². The lowest BCUT2D eigenvalue weighted by atomic mass is 10.1. The molecule has 4 atom stereocenters. The van der Waals surface area contributed by atoms with Gasteiger partial charge in [-0.15, -0.1) is 0 Å². The van der Waals surface area contributed by atoms with Crippen LogP contribution < -0.4 is 38.5 Å². The first-order valence-corrected chi connectivity index (χ1v) is 11.9. The molecule has 17 heteroatoms. The summed E-state index contributed by atoms with van der Waals surface area (Å²) in [6, 6.07) is -2.70. The van der Waals surface area contributed by atoms with Crippen molar-refractivity contribution < 1.29 is 43.7 Å². The van der Waals surface area contributed by atoms with Crippen molar-refractivity contribution in [2.24, 2.45) is 22.2 Å². The van der Waals surface area contributed by atoms with E-state index in [0.717, 1.165) is 0 Å². The molecule has 0 radical (unpaired) electrons. The topological polar surface area (TPSA) is 291 Å². The quantitative estimate of drug-likeness (QED) is 0.0360. The predicted octanol–water partition coefficient (Wildman–Crippen LogP) is -4.87. The second-order valence-electron chi connectivity index (χ2n) is 8.61. The van der Waals surface area contributed by atoms with Crippen molar-refractivity contribution in [2.75, 3.05) is 26.2 Å². The summed E-state index contributed by atoms with van der Waals surface area (Å²) in [5.74, 6) is -5.66. The van der Waals surface area contributed by atoms with Gasteiger partial charge in [0.25, 0.3) is 0 Å². The molecule has 1 rings (SSSR count). The van der Waals surface area contributed by atoms with Gasteiger partial charge in [0, 0.05) is 13.0 Å². The first-order chi connectivity index (χ1) is 17.8. The van der Waals surface area contributed by atoms with Crippen LogP contribution in [-0.4, -0.2) is 102 Å². The number of rotatable bonds is 17. The molecule has 214 valence electrons. The normalized spacial score (nSPS) is 19.2. The zero-order valence-electron chi connectivity index (χ0n) is 21.0. The second kappa shape index (κ2) is 15.3. The Balaban J connectivity index is 2.71. The minimum absolute atomic E-state index is 0.0500. The Labute approximate surface area is 218 Å². The molecular formula is C21H36N8O9. The van der Waals surface area contributed by atoms with Gasteiger partial charge in [-0.2, -0.15) is 0 Å². The Kier molecular flexibility index (Phi) is 12.9. The maximum Gasteiger partial charge on any atom is 0.325 e. The van der Waals surface area contributed by atoms with Crippen molar-refractivity contribution in [1.82, 2.24) is 21.3 Å². The number of aliphatic imine (C=N–C) groups is 1. The minimum Gasteiger partial charge on any atom is -0.481 e. The summed E-state index contributed by atoms with van der Waals surface area (Å²) < 4.78 is 4.87. The van der Waals surface area contributed by atoms with Crippen LogP contribution >= 0.6 is 0 Å². The first-order valence-electron chi connectivity index (χ1n) is 11.9. The number of hydrogen-bond acceptors (Lipinski definition) is 10. The van der Waals surface area contributed by atoms with Gasteiger partial charge in [-0.25, -0.2) is 0 Å². The number of carbonyl (C=O) groups excluding carboxylic acids is 5. The van der Waals surface area contributed by atoms with Crippen LogP contribution in [0.2, 0.25) is 0 Å². The number of nitrogens with zero attached hydrogens (tertiary/aromatic N) is 1. The van der Waals surface area contributed by atoms with E-state index >= 15 is 0 Å². The molecule has 0 heterocycles. The Hall–Kier alpha value is -3.99. The number of aliphatic hydroxyl groups excluding tert-OH is 1. The number of carboxylic acids is 1.